The number of nitrogens with zero attached hydrogens (tertiary/aromatic N) is 1. The number of hydrogen-bond donors (Lipinski definition) is 0. The molecule has 0 N–H and O–H groups in total. The van der Waals surface area contributed by atoms with E-state index < -0.39 is 13.8 Å². The Hall–Kier alpha value is -1.08. The summed E-state index contributed by atoms with van der Waals surface area (Å²) in [5, 5.41) is 10.5. The van der Waals surface area contributed by atoms with Crippen molar-refractivity contribution in [1.29, 1.82) is 0 Å². The number of nitro groups is 1. The number of hydrogen-bond acceptors (Lipinski definition) is 5. The molecule has 1 rings (SSSR count). The van der Waals surface area contributed by atoms with Gasteiger partial charge < -0.3 is 0 Å². The highest BCUT2D eigenvalue weighted by atomic mass is 33.1. The largest absolute Gasteiger partial charge is 0.283 e. The highest BCUT2D eigenvalue weighted by Gasteiger charge is 2.17. The third kappa shape index (κ3) is 3.00. The molecule has 0 saturated heterocycles. The highest BCUT2D eigenvalue weighted by Crippen LogP contribution is 2.31. The summed E-state index contributed by atoms with van der Waals surface area (Å²) in [5.41, 5.74) is -0.192. The fourth-order valence-electron chi connectivity index (χ4n) is 0.842. The van der Waals surface area contributed by atoms with Crippen LogP contribution in [-0.4, -0.2) is 19.6 Å². The number of para-hydroxylation sites is 1. The third-order valence-electron chi connectivity index (χ3n) is 1.30. The molecular formula is C7H7NO4S2. The molecule has 0 fully saturated rings. The minimum atomic E-state index is -3.32. The fourth-order valence-corrected chi connectivity index (χ4v) is 2.93. The monoisotopic (exact) mass is 233 g/mol. The van der Waals surface area contributed by atoms with Gasteiger partial charge in [0.2, 0.25) is 8.87 Å². The van der Waals surface area contributed by atoms with Gasteiger partial charge in [-0.25, -0.2) is 8.42 Å². The van der Waals surface area contributed by atoms with Crippen molar-refractivity contribution < 1.29 is 13.3 Å². The minimum absolute atomic E-state index is 0.139. The number of nitro benzene ring substituents is 1. The van der Waals surface area contributed by atoms with Crippen molar-refractivity contribution in [3.8, 4) is 0 Å². The van der Waals surface area contributed by atoms with Crippen LogP contribution in [0.4, 0.5) is 5.69 Å². The van der Waals surface area contributed by atoms with Gasteiger partial charge in [0.1, 0.15) is 4.90 Å². The molecule has 0 amide bonds. The first-order valence-electron chi connectivity index (χ1n) is 3.53. The van der Waals surface area contributed by atoms with Gasteiger partial charge in [-0.15, -0.1) is 0 Å². The molecule has 76 valence electrons. The lowest BCUT2D eigenvalue weighted by Gasteiger charge is -1.99. The standard InChI is InChI=1S/C7H7NO4S2/c1-14(11,12)13-7-5-3-2-4-6(7)8(9)10/h2-5H,1H3. The van der Waals surface area contributed by atoms with E-state index in [9.17, 15) is 18.5 Å². The van der Waals surface area contributed by atoms with E-state index in [0.29, 0.717) is 10.8 Å². The molecule has 0 saturated carbocycles. The van der Waals surface area contributed by atoms with E-state index in [0.717, 1.165) is 6.26 Å². The Morgan fingerprint density at radius 1 is 1.36 bits per heavy atom. The zero-order valence-electron chi connectivity index (χ0n) is 7.21. The normalized spacial score (nSPS) is 11.2. The molecule has 0 aliphatic carbocycles. The van der Waals surface area contributed by atoms with E-state index in [2.05, 4.69) is 0 Å². The van der Waals surface area contributed by atoms with E-state index in [-0.39, 0.29) is 10.6 Å². The quantitative estimate of drug-likeness (QED) is 0.450. The van der Waals surface area contributed by atoms with Crippen LogP contribution >= 0.6 is 10.8 Å². The van der Waals surface area contributed by atoms with Gasteiger partial charge in [0.15, 0.2) is 0 Å². The first-order valence-corrected chi connectivity index (χ1v) is 6.75. The molecule has 5 nitrogen and oxygen atoms in total. The van der Waals surface area contributed by atoms with E-state index >= 15 is 0 Å². The first kappa shape index (κ1) is 11.0. The Balaban J connectivity index is 3.15. The van der Waals surface area contributed by atoms with E-state index in [4.69, 9.17) is 0 Å². The molecule has 0 spiro atoms. The summed E-state index contributed by atoms with van der Waals surface area (Å²) < 4.78 is 21.8. The molecule has 0 heterocycles. The Morgan fingerprint density at radius 2 is 1.93 bits per heavy atom. The predicted octanol–water partition coefficient (Wildman–Crippen LogP) is 1.65. The van der Waals surface area contributed by atoms with Crippen molar-refractivity contribution in [2.24, 2.45) is 0 Å². The summed E-state index contributed by atoms with van der Waals surface area (Å²) in [6.45, 7) is 0. The molecule has 0 aromatic heterocycles. The Labute approximate surface area is 84.6 Å². The van der Waals surface area contributed by atoms with E-state index in [1.54, 1.807) is 6.07 Å². The van der Waals surface area contributed by atoms with Crippen LogP contribution in [0.2, 0.25) is 0 Å². The van der Waals surface area contributed by atoms with Crippen molar-refractivity contribution in [3.63, 3.8) is 0 Å². The van der Waals surface area contributed by atoms with Gasteiger partial charge in [-0.3, -0.25) is 10.1 Å². The molecular weight excluding hydrogens is 226 g/mol. The molecule has 0 aliphatic rings. The van der Waals surface area contributed by atoms with Crippen molar-refractivity contribution in [1.82, 2.24) is 0 Å². The van der Waals surface area contributed by atoms with Crippen LogP contribution in [-0.2, 0) is 8.87 Å². The topological polar surface area (TPSA) is 77.3 Å². The van der Waals surface area contributed by atoms with Crippen LogP contribution in [0.15, 0.2) is 29.2 Å². The van der Waals surface area contributed by atoms with Crippen LogP contribution in [0.3, 0.4) is 0 Å². The zero-order valence-corrected chi connectivity index (χ0v) is 8.84. The van der Waals surface area contributed by atoms with E-state index in [1.165, 1.54) is 18.2 Å². The predicted molar refractivity (Wildman–Crippen MR) is 53.8 cm³/mol. The maximum atomic E-state index is 10.9. The second-order valence-corrected chi connectivity index (χ2v) is 6.84. The molecule has 0 atom stereocenters. The van der Waals surface area contributed by atoms with Crippen LogP contribution in [0.25, 0.3) is 0 Å². The molecule has 14 heavy (non-hydrogen) atoms. The lowest BCUT2D eigenvalue weighted by molar-refractivity contribution is -0.387. The maximum Gasteiger partial charge on any atom is 0.283 e. The highest BCUT2D eigenvalue weighted by molar-refractivity contribution is 8.71. The summed E-state index contributed by atoms with van der Waals surface area (Å²) in [4.78, 5) is 10.0. The fraction of sp³-hybridized carbons (Fsp3) is 0.143. The van der Waals surface area contributed by atoms with Crippen molar-refractivity contribution in [3.05, 3.63) is 34.4 Å². The first-order chi connectivity index (χ1) is 6.40. The summed E-state index contributed by atoms with van der Waals surface area (Å²) in [6, 6.07) is 5.72. The Bertz CT molecular complexity index is 455. The molecule has 0 radical (unpaired) electrons. The molecule has 0 unspecified atom stereocenters. The van der Waals surface area contributed by atoms with Crippen LogP contribution < -0.4 is 0 Å². The SMILES string of the molecule is CS(=O)(=O)Sc1ccccc1[N+](=O)[O-]. The smallest absolute Gasteiger partial charge is 0.258 e. The van der Waals surface area contributed by atoms with Gasteiger partial charge >= 0.3 is 0 Å². The molecule has 1 aromatic rings. The lowest BCUT2D eigenvalue weighted by atomic mass is 10.3. The summed E-state index contributed by atoms with van der Waals surface area (Å²) >= 11 is 0. The summed E-state index contributed by atoms with van der Waals surface area (Å²) in [5.74, 6) is 0. The third-order valence-corrected chi connectivity index (χ3v) is 3.58. The molecule has 0 bridgehead atoms. The number of rotatable bonds is 3. The summed E-state index contributed by atoms with van der Waals surface area (Å²) in [6.07, 6.45) is 1.01. The minimum Gasteiger partial charge on any atom is -0.258 e. The van der Waals surface area contributed by atoms with Gasteiger partial charge in [-0.1, -0.05) is 12.1 Å². The Kier molecular flexibility index (Phi) is 3.12. The average Bonchev–Trinajstić information content (AvgIpc) is 2.01. The number of benzene rings is 1. The molecule has 0 aliphatic heterocycles. The lowest BCUT2D eigenvalue weighted by Crippen LogP contribution is -1.93. The van der Waals surface area contributed by atoms with Gasteiger partial charge in [0.25, 0.3) is 5.69 Å². The van der Waals surface area contributed by atoms with Gasteiger partial charge in [0, 0.05) is 23.1 Å². The molecule has 7 heteroatoms. The van der Waals surface area contributed by atoms with Crippen molar-refractivity contribution in [2.45, 2.75) is 4.90 Å². The van der Waals surface area contributed by atoms with Crippen LogP contribution in [0.5, 0.6) is 0 Å². The second-order valence-electron chi connectivity index (χ2n) is 2.51. The van der Waals surface area contributed by atoms with Gasteiger partial charge in [-0.05, 0) is 6.07 Å². The molecule has 1 aromatic carbocycles. The zero-order chi connectivity index (χ0) is 10.8. The maximum absolute atomic E-state index is 10.9. The van der Waals surface area contributed by atoms with Gasteiger partial charge in [-0.2, -0.15) is 0 Å². The Morgan fingerprint density at radius 3 is 2.43 bits per heavy atom. The average molecular weight is 233 g/mol. The summed E-state index contributed by atoms with van der Waals surface area (Å²) in [7, 11) is -2.83. The second kappa shape index (κ2) is 3.97. The van der Waals surface area contributed by atoms with Crippen molar-refractivity contribution in [2.75, 3.05) is 6.26 Å². The van der Waals surface area contributed by atoms with E-state index in [1.807, 2.05) is 0 Å². The van der Waals surface area contributed by atoms with Crippen LogP contribution in [0.1, 0.15) is 0 Å². The van der Waals surface area contributed by atoms with Crippen LogP contribution in [0, 0.1) is 10.1 Å². The van der Waals surface area contributed by atoms with Gasteiger partial charge in [0.05, 0.1) is 4.92 Å². The van der Waals surface area contributed by atoms with Crippen molar-refractivity contribution >= 4 is 25.4 Å².